The molecule has 2 nitrogen and oxygen atoms in total. The van der Waals surface area contributed by atoms with Crippen molar-refractivity contribution in [3.05, 3.63) is 59.7 Å². The number of benzene rings is 2. The molecule has 9 heteroatoms. The van der Waals surface area contributed by atoms with Crippen molar-refractivity contribution in [2.45, 2.75) is 17.4 Å². The third kappa shape index (κ3) is 4.60. The molecule has 0 saturated heterocycles. The Balaban J connectivity index is 2.39. The second-order valence-electron chi connectivity index (χ2n) is 4.55. The maximum Gasteiger partial charge on any atom is 0.216 e. The molecule has 0 radical (unpaired) electrons. The van der Waals surface area contributed by atoms with Crippen LogP contribution in [0.3, 0.4) is 0 Å². The van der Waals surface area contributed by atoms with Gasteiger partial charge >= 0.3 is 0 Å². The molecular formula is C14H8Cl6O2S. The van der Waals surface area contributed by atoms with E-state index >= 15 is 0 Å². The fourth-order valence-corrected chi connectivity index (χ4v) is 3.80. The molecule has 0 amide bonds. The summed E-state index contributed by atoms with van der Waals surface area (Å²) in [6.07, 6.45) is 0. The van der Waals surface area contributed by atoms with Crippen LogP contribution in [-0.4, -0.2) is 8.42 Å². The van der Waals surface area contributed by atoms with Crippen molar-refractivity contribution in [2.24, 2.45) is 0 Å². The SMILES string of the molecule is O=S(=O)(c1ccc(C(Cl)(Cl)Cl)cc1)c1ccc(C(Cl)(Cl)Cl)cc1. The number of halogens is 6. The first-order chi connectivity index (χ1) is 10.4. The van der Waals surface area contributed by atoms with Crippen molar-refractivity contribution >= 4 is 79.4 Å². The molecule has 0 aliphatic carbocycles. The zero-order valence-corrected chi connectivity index (χ0v) is 16.5. The Bertz CT molecular complexity index is 724. The molecule has 2 rings (SSSR count). The number of rotatable bonds is 2. The van der Waals surface area contributed by atoms with Crippen molar-refractivity contribution in [1.82, 2.24) is 0 Å². The predicted molar refractivity (Wildman–Crippen MR) is 96.8 cm³/mol. The molecule has 2 aromatic rings. The monoisotopic (exact) mass is 450 g/mol. The van der Waals surface area contributed by atoms with Crippen LogP contribution in [0, 0.1) is 0 Å². The van der Waals surface area contributed by atoms with Crippen LogP contribution in [0.5, 0.6) is 0 Å². The van der Waals surface area contributed by atoms with Crippen molar-refractivity contribution in [3.8, 4) is 0 Å². The maximum atomic E-state index is 12.6. The first-order valence-electron chi connectivity index (χ1n) is 6.02. The largest absolute Gasteiger partial charge is 0.219 e. The Morgan fingerprint density at radius 3 is 1.04 bits per heavy atom. The highest BCUT2D eigenvalue weighted by molar-refractivity contribution is 7.91. The van der Waals surface area contributed by atoms with Crippen LogP contribution in [0.2, 0.25) is 0 Å². The van der Waals surface area contributed by atoms with Gasteiger partial charge in [0.1, 0.15) is 0 Å². The fourth-order valence-electron chi connectivity index (χ4n) is 1.78. The van der Waals surface area contributed by atoms with Gasteiger partial charge in [0.15, 0.2) is 0 Å². The second-order valence-corrected chi connectivity index (χ2v) is 11.1. The molecule has 0 saturated carbocycles. The summed E-state index contributed by atoms with van der Waals surface area (Å²) in [5.74, 6) is 0. The van der Waals surface area contributed by atoms with Gasteiger partial charge in [0.25, 0.3) is 0 Å². The van der Waals surface area contributed by atoms with Crippen molar-refractivity contribution < 1.29 is 8.42 Å². The first kappa shape index (κ1) is 19.5. The van der Waals surface area contributed by atoms with Gasteiger partial charge in [-0.1, -0.05) is 93.9 Å². The van der Waals surface area contributed by atoms with Gasteiger partial charge in [-0.25, -0.2) is 8.42 Å². The van der Waals surface area contributed by atoms with Crippen molar-refractivity contribution in [3.63, 3.8) is 0 Å². The highest BCUT2D eigenvalue weighted by Crippen LogP contribution is 2.40. The van der Waals surface area contributed by atoms with E-state index in [1.165, 1.54) is 48.5 Å². The molecule has 0 heterocycles. The zero-order valence-electron chi connectivity index (χ0n) is 11.1. The highest BCUT2D eigenvalue weighted by atomic mass is 35.6. The van der Waals surface area contributed by atoms with Gasteiger partial charge in [-0.3, -0.25) is 0 Å². The summed E-state index contributed by atoms with van der Waals surface area (Å²) in [4.78, 5) is 0.134. The number of hydrogen-bond acceptors (Lipinski definition) is 2. The molecule has 0 fully saturated rings. The normalized spacial score (nSPS) is 13.1. The zero-order chi connectivity index (χ0) is 17.5. The van der Waals surface area contributed by atoms with E-state index in [2.05, 4.69) is 0 Å². The molecule has 23 heavy (non-hydrogen) atoms. The van der Waals surface area contributed by atoms with E-state index < -0.39 is 17.4 Å². The van der Waals surface area contributed by atoms with E-state index in [1.54, 1.807) is 0 Å². The van der Waals surface area contributed by atoms with Crippen molar-refractivity contribution in [2.75, 3.05) is 0 Å². The van der Waals surface area contributed by atoms with E-state index in [1.807, 2.05) is 0 Å². The predicted octanol–water partition coefficient (Wildman–Crippen LogP) is 6.17. The Labute approximate surface area is 164 Å². The minimum absolute atomic E-state index is 0.0668. The van der Waals surface area contributed by atoms with Crippen LogP contribution in [-0.2, 0) is 17.4 Å². The summed E-state index contributed by atoms with van der Waals surface area (Å²) >= 11 is 34.5. The molecule has 0 aliphatic heterocycles. The molecule has 0 bridgehead atoms. The smallest absolute Gasteiger partial charge is 0.216 e. The quantitative estimate of drug-likeness (QED) is 0.510. The van der Waals surface area contributed by atoms with Crippen LogP contribution < -0.4 is 0 Å². The van der Waals surface area contributed by atoms with Gasteiger partial charge in [0, 0.05) is 11.1 Å². The molecule has 0 atom stereocenters. The van der Waals surface area contributed by atoms with Crippen molar-refractivity contribution in [1.29, 1.82) is 0 Å². The molecule has 0 aromatic heterocycles. The van der Waals surface area contributed by atoms with Crippen LogP contribution in [0.4, 0.5) is 0 Å². The summed E-state index contributed by atoms with van der Waals surface area (Å²) in [7, 11) is -3.72. The topological polar surface area (TPSA) is 34.1 Å². The van der Waals surface area contributed by atoms with Crippen LogP contribution in [0.25, 0.3) is 0 Å². The summed E-state index contributed by atoms with van der Waals surface area (Å²) in [5.41, 5.74) is 0.737. The Hall–Kier alpha value is 0.130. The summed E-state index contributed by atoms with van der Waals surface area (Å²) < 4.78 is 21.9. The van der Waals surface area contributed by atoms with Gasteiger partial charge in [0.05, 0.1) is 9.79 Å². The van der Waals surface area contributed by atoms with Crippen LogP contribution in [0.1, 0.15) is 11.1 Å². The molecule has 124 valence electrons. The molecular weight excluding hydrogens is 445 g/mol. The molecule has 0 unspecified atom stereocenters. The minimum atomic E-state index is -3.72. The lowest BCUT2D eigenvalue weighted by atomic mass is 10.2. The number of sulfone groups is 1. The first-order valence-corrected chi connectivity index (χ1v) is 9.77. The number of hydrogen-bond donors (Lipinski definition) is 0. The molecule has 0 aliphatic rings. The van der Waals surface area contributed by atoms with Gasteiger partial charge < -0.3 is 0 Å². The average molecular weight is 453 g/mol. The third-order valence-corrected chi connectivity index (χ3v) is 6.08. The van der Waals surface area contributed by atoms with Crippen LogP contribution >= 0.6 is 69.6 Å². The lowest BCUT2D eigenvalue weighted by Crippen LogP contribution is -2.06. The Morgan fingerprint density at radius 2 is 0.826 bits per heavy atom. The van der Waals surface area contributed by atoms with Gasteiger partial charge in [-0.05, 0) is 24.3 Å². The van der Waals surface area contributed by atoms with Gasteiger partial charge in [-0.2, -0.15) is 0 Å². The number of alkyl halides is 6. The van der Waals surface area contributed by atoms with Gasteiger partial charge in [-0.15, -0.1) is 0 Å². The van der Waals surface area contributed by atoms with Crippen LogP contribution in [0.15, 0.2) is 58.3 Å². The maximum absolute atomic E-state index is 12.6. The third-order valence-electron chi connectivity index (χ3n) is 2.98. The minimum Gasteiger partial charge on any atom is -0.219 e. The summed E-state index contributed by atoms with van der Waals surface area (Å²) in [6, 6.07) is 11.2. The van der Waals surface area contributed by atoms with E-state index in [9.17, 15) is 8.42 Å². The fraction of sp³-hybridized carbons (Fsp3) is 0.143. The lowest BCUT2D eigenvalue weighted by molar-refractivity contribution is 0.596. The molecule has 0 spiro atoms. The van der Waals surface area contributed by atoms with E-state index in [0.717, 1.165) is 0 Å². The summed E-state index contributed by atoms with van der Waals surface area (Å²) in [6.45, 7) is 0. The van der Waals surface area contributed by atoms with E-state index in [4.69, 9.17) is 69.6 Å². The average Bonchev–Trinajstić information content (AvgIpc) is 2.46. The second kappa shape index (κ2) is 6.80. The van der Waals surface area contributed by atoms with Gasteiger partial charge in [0.2, 0.25) is 17.4 Å². The lowest BCUT2D eigenvalue weighted by Gasteiger charge is -2.13. The van der Waals surface area contributed by atoms with E-state index in [-0.39, 0.29) is 9.79 Å². The molecule has 0 N–H and O–H groups in total. The Kier molecular flexibility index (Phi) is 5.75. The Morgan fingerprint density at radius 1 is 0.565 bits per heavy atom. The highest BCUT2D eigenvalue weighted by Gasteiger charge is 2.26. The standard InChI is InChI=1S/C14H8Cl6O2S/c15-13(16,17)9-1-5-11(6-2-9)23(21,22)12-7-3-10(4-8-12)14(18,19)20/h1-8H. The van der Waals surface area contributed by atoms with E-state index in [0.29, 0.717) is 11.1 Å². The molecule has 2 aromatic carbocycles. The summed E-state index contributed by atoms with van der Waals surface area (Å²) in [5, 5.41) is 0.